The molecule has 16 heavy (non-hydrogen) atoms. The second-order valence-corrected chi connectivity index (χ2v) is 6.55. The van der Waals surface area contributed by atoms with Gasteiger partial charge in [-0.1, -0.05) is 27.7 Å². The van der Waals surface area contributed by atoms with Gasteiger partial charge in [0, 0.05) is 19.7 Å². The summed E-state index contributed by atoms with van der Waals surface area (Å²) in [6.07, 6.45) is 2.18. The van der Waals surface area contributed by atoms with E-state index in [0.717, 1.165) is 6.42 Å². The maximum Gasteiger partial charge on any atom is 0.223 e. The third-order valence-corrected chi connectivity index (χ3v) is 3.89. The summed E-state index contributed by atoms with van der Waals surface area (Å²) >= 11 is 0. The van der Waals surface area contributed by atoms with E-state index in [2.05, 4.69) is 34.6 Å². The van der Waals surface area contributed by atoms with Crippen molar-refractivity contribution in [1.29, 1.82) is 0 Å². The Morgan fingerprint density at radius 1 is 1.25 bits per heavy atom. The van der Waals surface area contributed by atoms with Gasteiger partial charge in [0.2, 0.25) is 5.91 Å². The normalized spacial score (nSPS) is 23.2. The van der Waals surface area contributed by atoms with Crippen LogP contribution < -0.4 is 0 Å². The lowest BCUT2D eigenvalue weighted by molar-refractivity contribution is -0.126. The standard InChI is InChI=1S/C14H25NO/c1-10-12(15(7)11(2)16)8-13(3,4)9-14(10,5)6/h8-9H2,1-7H3. The number of hydrogen-bond acceptors (Lipinski definition) is 1. The molecule has 0 N–H and O–H groups in total. The summed E-state index contributed by atoms with van der Waals surface area (Å²) in [5, 5.41) is 0. The van der Waals surface area contributed by atoms with Gasteiger partial charge in [-0.25, -0.2) is 0 Å². The van der Waals surface area contributed by atoms with E-state index in [4.69, 9.17) is 0 Å². The van der Waals surface area contributed by atoms with Crippen LogP contribution in [-0.2, 0) is 4.79 Å². The van der Waals surface area contributed by atoms with Crippen LogP contribution in [0.2, 0.25) is 0 Å². The minimum absolute atomic E-state index is 0.128. The summed E-state index contributed by atoms with van der Waals surface area (Å²) in [5.74, 6) is 0.128. The fourth-order valence-corrected chi connectivity index (χ4v) is 2.93. The topological polar surface area (TPSA) is 20.3 Å². The first-order valence-electron chi connectivity index (χ1n) is 6.01. The maximum atomic E-state index is 11.5. The molecule has 0 bridgehead atoms. The van der Waals surface area contributed by atoms with E-state index in [9.17, 15) is 4.79 Å². The molecule has 0 aromatic heterocycles. The molecule has 0 spiro atoms. The molecule has 1 amide bonds. The minimum Gasteiger partial charge on any atom is -0.320 e. The highest BCUT2D eigenvalue weighted by atomic mass is 16.2. The Hall–Kier alpha value is -0.790. The third kappa shape index (κ3) is 2.47. The molecule has 0 unspecified atom stereocenters. The first kappa shape index (κ1) is 13.3. The zero-order valence-corrected chi connectivity index (χ0v) is 11.8. The SMILES string of the molecule is CC(=O)N(C)C1=C(C)C(C)(C)CC(C)(C)C1. The quantitative estimate of drug-likeness (QED) is 0.665. The number of amides is 1. The number of allylic oxidation sites excluding steroid dienone is 2. The molecule has 1 rings (SSSR count). The lowest BCUT2D eigenvalue weighted by atomic mass is 9.64. The Kier molecular flexibility index (Phi) is 3.24. The predicted molar refractivity (Wildman–Crippen MR) is 67.9 cm³/mol. The summed E-state index contributed by atoms with van der Waals surface area (Å²) in [6, 6.07) is 0. The van der Waals surface area contributed by atoms with Crippen molar-refractivity contribution in [2.24, 2.45) is 10.8 Å². The smallest absolute Gasteiger partial charge is 0.223 e. The second kappa shape index (κ2) is 3.90. The van der Waals surface area contributed by atoms with E-state index in [1.807, 2.05) is 11.9 Å². The number of carbonyl (C=O) groups excluding carboxylic acids is 1. The van der Waals surface area contributed by atoms with Gasteiger partial charge in [-0.2, -0.15) is 0 Å². The van der Waals surface area contributed by atoms with E-state index in [1.165, 1.54) is 17.7 Å². The molecule has 0 aromatic rings. The van der Waals surface area contributed by atoms with E-state index >= 15 is 0 Å². The van der Waals surface area contributed by atoms with E-state index in [1.54, 1.807) is 6.92 Å². The van der Waals surface area contributed by atoms with Gasteiger partial charge in [0.1, 0.15) is 0 Å². The van der Waals surface area contributed by atoms with Gasteiger partial charge >= 0.3 is 0 Å². The molecular weight excluding hydrogens is 198 g/mol. The van der Waals surface area contributed by atoms with Gasteiger partial charge < -0.3 is 4.90 Å². The minimum atomic E-state index is 0.128. The number of carbonyl (C=O) groups is 1. The first-order chi connectivity index (χ1) is 7.07. The zero-order valence-electron chi connectivity index (χ0n) is 11.8. The van der Waals surface area contributed by atoms with Gasteiger partial charge in [0.25, 0.3) is 0 Å². The zero-order chi connectivity index (χ0) is 12.7. The summed E-state index contributed by atoms with van der Waals surface area (Å²) in [5.41, 5.74) is 3.06. The monoisotopic (exact) mass is 223 g/mol. The van der Waals surface area contributed by atoms with Crippen LogP contribution in [0.25, 0.3) is 0 Å². The van der Waals surface area contributed by atoms with Crippen LogP contribution in [0.15, 0.2) is 11.3 Å². The Balaban J connectivity index is 3.19. The molecule has 0 radical (unpaired) electrons. The fourth-order valence-electron chi connectivity index (χ4n) is 2.93. The van der Waals surface area contributed by atoms with Crippen LogP contribution in [0.4, 0.5) is 0 Å². The van der Waals surface area contributed by atoms with Crippen molar-refractivity contribution in [3.8, 4) is 0 Å². The molecule has 0 fully saturated rings. The molecular formula is C14H25NO. The highest BCUT2D eigenvalue weighted by Gasteiger charge is 2.38. The Morgan fingerprint density at radius 2 is 1.75 bits per heavy atom. The van der Waals surface area contributed by atoms with Crippen molar-refractivity contribution in [3.63, 3.8) is 0 Å². The first-order valence-corrected chi connectivity index (χ1v) is 6.01. The van der Waals surface area contributed by atoms with E-state index < -0.39 is 0 Å². The van der Waals surface area contributed by atoms with Crippen molar-refractivity contribution in [3.05, 3.63) is 11.3 Å². The van der Waals surface area contributed by atoms with Gasteiger partial charge in [0.05, 0.1) is 0 Å². The molecule has 0 saturated carbocycles. The molecule has 1 aliphatic rings. The lowest BCUT2D eigenvalue weighted by Gasteiger charge is -2.44. The van der Waals surface area contributed by atoms with Crippen molar-refractivity contribution >= 4 is 5.91 Å². The van der Waals surface area contributed by atoms with Crippen molar-refractivity contribution in [2.45, 2.75) is 54.4 Å². The van der Waals surface area contributed by atoms with Crippen molar-refractivity contribution < 1.29 is 4.79 Å². The summed E-state index contributed by atoms with van der Waals surface area (Å²) in [6.45, 7) is 12.9. The molecule has 0 saturated heterocycles. The Labute approximate surface area is 99.7 Å². The molecule has 92 valence electrons. The average molecular weight is 223 g/mol. The molecule has 0 heterocycles. The second-order valence-electron chi connectivity index (χ2n) is 6.55. The summed E-state index contributed by atoms with van der Waals surface area (Å²) in [7, 11) is 1.89. The molecule has 2 nitrogen and oxygen atoms in total. The largest absolute Gasteiger partial charge is 0.320 e. The number of nitrogens with zero attached hydrogens (tertiary/aromatic N) is 1. The number of rotatable bonds is 1. The third-order valence-electron chi connectivity index (χ3n) is 3.89. The molecule has 1 aliphatic carbocycles. The average Bonchev–Trinajstić information content (AvgIpc) is 2.08. The summed E-state index contributed by atoms with van der Waals surface area (Å²) < 4.78 is 0. The van der Waals surface area contributed by atoms with E-state index in [-0.39, 0.29) is 16.7 Å². The molecule has 0 aliphatic heterocycles. The van der Waals surface area contributed by atoms with Crippen molar-refractivity contribution in [2.75, 3.05) is 7.05 Å². The van der Waals surface area contributed by atoms with Crippen molar-refractivity contribution in [1.82, 2.24) is 4.90 Å². The fraction of sp³-hybridized carbons (Fsp3) is 0.786. The van der Waals surface area contributed by atoms with Gasteiger partial charge in [-0.05, 0) is 36.2 Å². The van der Waals surface area contributed by atoms with Crippen LogP contribution >= 0.6 is 0 Å². The van der Waals surface area contributed by atoms with Gasteiger partial charge in [-0.3, -0.25) is 4.79 Å². The predicted octanol–water partition coefficient (Wildman–Crippen LogP) is 3.58. The molecule has 0 atom stereocenters. The molecule has 2 heteroatoms. The van der Waals surface area contributed by atoms with E-state index in [0.29, 0.717) is 0 Å². The Bertz CT molecular complexity index is 337. The van der Waals surface area contributed by atoms with Gasteiger partial charge in [0.15, 0.2) is 0 Å². The van der Waals surface area contributed by atoms with Crippen LogP contribution in [0.5, 0.6) is 0 Å². The highest BCUT2D eigenvalue weighted by molar-refractivity contribution is 5.75. The lowest BCUT2D eigenvalue weighted by Crippen LogP contribution is -2.37. The van der Waals surface area contributed by atoms with Gasteiger partial charge in [-0.15, -0.1) is 0 Å². The summed E-state index contributed by atoms with van der Waals surface area (Å²) in [4.78, 5) is 13.3. The maximum absolute atomic E-state index is 11.5. The highest BCUT2D eigenvalue weighted by Crippen LogP contribution is 2.49. The molecule has 0 aromatic carbocycles. The van der Waals surface area contributed by atoms with Crippen LogP contribution in [-0.4, -0.2) is 17.9 Å². The van der Waals surface area contributed by atoms with Crippen LogP contribution in [0.1, 0.15) is 54.4 Å². The number of hydrogen-bond donors (Lipinski definition) is 0. The van der Waals surface area contributed by atoms with Crippen LogP contribution in [0, 0.1) is 10.8 Å². The van der Waals surface area contributed by atoms with Crippen LogP contribution in [0.3, 0.4) is 0 Å². The Morgan fingerprint density at radius 3 is 2.19 bits per heavy atom.